The second kappa shape index (κ2) is 4.77. The van der Waals surface area contributed by atoms with Crippen LogP contribution in [-0.2, 0) is 4.74 Å². The summed E-state index contributed by atoms with van der Waals surface area (Å²) in [5.41, 5.74) is 5.27. The zero-order chi connectivity index (χ0) is 8.97. The van der Waals surface area contributed by atoms with E-state index in [0.29, 0.717) is 26.0 Å². The summed E-state index contributed by atoms with van der Waals surface area (Å²) < 4.78 is 5.35. The van der Waals surface area contributed by atoms with Crippen LogP contribution in [0.5, 0.6) is 0 Å². The van der Waals surface area contributed by atoms with E-state index in [1.807, 2.05) is 0 Å². The third-order valence-corrected chi connectivity index (χ3v) is 2.20. The zero-order valence-electron chi connectivity index (χ0n) is 7.15. The second-order valence-electron chi connectivity index (χ2n) is 3.23. The second-order valence-corrected chi connectivity index (χ2v) is 3.23. The summed E-state index contributed by atoms with van der Waals surface area (Å²) in [6.07, 6.45) is 0.853. The van der Waals surface area contributed by atoms with Gasteiger partial charge in [-0.15, -0.1) is 0 Å². The molecule has 0 heterocycles. The molecule has 0 aromatic carbocycles. The average molecular weight is 175 g/mol. The predicted octanol–water partition coefficient (Wildman–Crippen LogP) is -0.764. The van der Waals surface area contributed by atoms with E-state index in [9.17, 15) is 10.2 Å². The number of rotatable bonds is 3. The van der Waals surface area contributed by atoms with Crippen LogP contribution in [0, 0.1) is 0 Å². The maximum Gasteiger partial charge on any atom is 0.0823 e. The van der Waals surface area contributed by atoms with E-state index in [1.165, 1.54) is 0 Å². The largest absolute Gasteiger partial charge is 0.390 e. The number of aliphatic hydroxyl groups excluding tert-OH is 2. The lowest BCUT2D eigenvalue weighted by atomic mass is 9.92. The molecule has 0 aromatic heterocycles. The van der Waals surface area contributed by atoms with Crippen LogP contribution in [0.2, 0.25) is 0 Å². The summed E-state index contributed by atoms with van der Waals surface area (Å²) >= 11 is 0. The fourth-order valence-electron chi connectivity index (χ4n) is 1.48. The average Bonchev–Trinajstić information content (AvgIpc) is 2.07. The number of hydrogen-bond donors (Lipinski definition) is 3. The van der Waals surface area contributed by atoms with Gasteiger partial charge >= 0.3 is 0 Å². The molecule has 0 aliphatic heterocycles. The molecule has 1 aliphatic carbocycles. The van der Waals surface area contributed by atoms with Crippen molar-refractivity contribution in [2.45, 2.75) is 37.6 Å². The highest BCUT2D eigenvalue weighted by molar-refractivity contribution is 4.79. The molecule has 4 N–H and O–H groups in total. The van der Waals surface area contributed by atoms with Crippen LogP contribution in [-0.4, -0.2) is 41.7 Å². The van der Waals surface area contributed by atoms with Gasteiger partial charge < -0.3 is 20.7 Å². The summed E-state index contributed by atoms with van der Waals surface area (Å²) in [4.78, 5) is 0. The van der Waals surface area contributed by atoms with E-state index in [2.05, 4.69) is 0 Å². The van der Waals surface area contributed by atoms with Crippen molar-refractivity contribution in [1.29, 1.82) is 0 Å². The highest BCUT2D eigenvalue weighted by Crippen LogP contribution is 2.21. The highest BCUT2D eigenvalue weighted by Gasteiger charge is 2.27. The molecule has 0 radical (unpaired) electrons. The first-order valence-corrected chi connectivity index (χ1v) is 4.42. The van der Waals surface area contributed by atoms with E-state index >= 15 is 0 Å². The molecule has 3 atom stereocenters. The zero-order valence-corrected chi connectivity index (χ0v) is 7.15. The molecule has 1 aliphatic rings. The molecule has 4 nitrogen and oxygen atoms in total. The molecular weight excluding hydrogens is 158 g/mol. The van der Waals surface area contributed by atoms with Gasteiger partial charge in [0.15, 0.2) is 0 Å². The standard InChI is InChI=1S/C8H17NO3/c9-3-4-12-6-1-2-7(10)8(11)5-6/h6-8,10-11H,1-5,9H2. The van der Waals surface area contributed by atoms with Crippen molar-refractivity contribution in [1.82, 2.24) is 0 Å². The molecule has 0 amide bonds. The first-order valence-electron chi connectivity index (χ1n) is 4.42. The van der Waals surface area contributed by atoms with Crippen molar-refractivity contribution in [3.63, 3.8) is 0 Å². The van der Waals surface area contributed by atoms with E-state index in [-0.39, 0.29) is 6.10 Å². The Kier molecular flexibility index (Phi) is 3.94. The summed E-state index contributed by atoms with van der Waals surface area (Å²) in [5, 5.41) is 18.5. The van der Waals surface area contributed by atoms with Gasteiger partial charge in [-0.2, -0.15) is 0 Å². The smallest absolute Gasteiger partial charge is 0.0823 e. The van der Waals surface area contributed by atoms with Crippen LogP contribution in [0.25, 0.3) is 0 Å². The van der Waals surface area contributed by atoms with Gasteiger partial charge in [0.2, 0.25) is 0 Å². The fourth-order valence-corrected chi connectivity index (χ4v) is 1.48. The topological polar surface area (TPSA) is 75.7 Å². The molecular formula is C8H17NO3. The van der Waals surface area contributed by atoms with Gasteiger partial charge in [0.05, 0.1) is 24.9 Å². The molecule has 0 saturated heterocycles. The van der Waals surface area contributed by atoms with Gasteiger partial charge in [-0.05, 0) is 12.8 Å². The van der Waals surface area contributed by atoms with Gasteiger partial charge in [0, 0.05) is 13.0 Å². The van der Waals surface area contributed by atoms with E-state index in [4.69, 9.17) is 10.5 Å². The van der Waals surface area contributed by atoms with Gasteiger partial charge in [-0.25, -0.2) is 0 Å². The first kappa shape index (κ1) is 9.92. The minimum Gasteiger partial charge on any atom is -0.390 e. The van der Waals surface area contributed by atoms with E-state index in [1.54, 1.807) is 0 Å². The lowest BCUT2D eigenvalue weighted by Gasteiger charge is -2.29. The summed E-state index contributed by atoms with van der Waals surface area (Å²) in [7, 11) is 0. The van der Waals surface area contributed by atoms with Crippen molar-refractivity contribution in [2.24, 2.45) is 5.73 Å². The molecule has 1 fully saturated rings. The van der Waals surface area contributed by atoms with Crippen LogP contribution in [0.3, 0.4) is 0 Å². The summed E-state index contributed by atoms with van der Waals surface area (Å²) in [5.74, 6) is 0. The monoisotopic (exact) mass is 175 g/mol. The Hall–Kier alpha value is -0.160. The number of hydrogen-bond acceptors (Lipinski definition) is 4. The molecule has 0 spiro atoms. The van der Waals surface area contributed by atoms with Gasteiger partial charge in [0.1, 0.15) is 0 Å². The van der Waals surface area contributed by atoms with Crippen LogP contribution in [0.15, 0.2) is 0 Å². The number of aliphatic hydroxyl groups is 2. The third kappa shape index (κ3) is 2.71. The molecule has 0 aromatic rings. The minimum atomic E-state index is -0.624. The summed E-state index contributed by atoms with van der Waals surface area (Å²) in [6, 6.07) is 0. The predicted molar refractivity (Wildman–Crippen MR) is 44.7 cm³/mol. The maximum atomic E-state index is 9.29. The maximum absolute atomic E-state index is 9.29. The van der Waals surface area contributed by atoms with Crippen molar-refractivity contribution in [2.75, 3.05) is 13.2 Å². The highest BCUT2D eigenvalue weighted by atomic mass is 16.5. The molecule has 4 heteroatoms. The number of ether oxygens (including phenoxy) is 1. The quantitative estimate of drug-likeness (QED) is 0.527. The lowest BCUT2D eigenvalue weighted by molar-refractivity contribution is -0.0712. The Labute approximate surface area is 72.3 Å². The van der Waals surface area contributed by atoms with Gasteiger partial charge in [-0.3, -0.25) is 0 Å². The van der Waals surface area contributed by atoms with Crippen LogP contribution < -0.4 is 5.73 Å². The Balaban J connectivity index is 2.21. The molecule has 3 unspecified atom stereocenters. The van der Waals surface area contributed by atoms with Gasteiger partial charge in [0.25, 0.3) is 0 Å². The molecule has 72 valence electrons. The van der Waals surface area contributed by atoms with Crippen LogP contribution >= 0.6 is 0 Å². The first-order chi connectivity index (χ1) is 5.74. The molecule has 1 rings (SSSR count). The summed E-state index contributed by atoms with van der Waals surface area (Å²) in [6.45, 7) is 1.04. The Morgan fingerprint density at radius 1 is 1.25 bits per heavy atom. The lowest BCUT2D eigenvalue weighted by Crippen LogP contribution is -2.37. The fraction of sp³-hybridized carbons (Fsp3) is 1.00. The SMILES string of the molecule is NCCOC1CCC(O)C(O)C1. The minimum absolute atomic E-state index is 0.0759. The third-order valence-electron chi connectivity index (χ3n) is 2.20. The van der Waals surface area contributed by atoms with Crippen LogP contribution in [0.1, 0.15) is 19.3 Å². The van der Waals surface area contributed by atoms with Crippen molar-refractivity contribution < 1.29 is 14.9 Å². The van der Waals surface area contributed by atoms with Crippen LogP contribution in [0.4, 0.5) is 0 Å². The Bertz CT molecular complexity index is 129. The van der Waals surface area contributed by atoms with Crippen molar-refractivity contribution in [3.05, 3.63) is 0 Å². The van der Waals surface area contributed by atoms with Gasteiger partial charge in [-0.1, -0.05) is 0 Å². The van der Waals surface area contributed by atoms with Crippen molar-refractivity contribution in [3.8, 4) is 0 Å². The van der Waals surface area contributed by atoms with E-state index in [0.717, 1.165) is 6.42 Å². The Morgan fingerprint density at radius 3 is 2.58 bits per heavy atom. The van der Waals surface area contributed by atoms with E-state index < -0.39 is 12.2 Å². The Morgan fingerprint density at radius 2 is 2.00 bits per heavy atom. The van der Waals surface area contributed by atoms with Crippen molar-refractivity contribution >= 4 is 0 Å². The normalized spacial score (nSPS) is 36.8. The molecule has 12 heavy (non-hydrogen) atoms. The number of nitrogens with two attached hydrogens (primary N) is 1. The molecule has 0 bridgehead atoms. The molecule has 1 saturated carbocycles.